The fraction of sp³-hybridized carbons (Fsp3) is 0.174. The zero-order valence-corrected chi connectivity index (χ0v) is 17.4. The second kappa shape index (κ2) is 9.41. The molecule has 0 unspecified atom stereocenters. The third-order valence-corrected chi connectivity index (χ3v) is 4.91. The standard InChI is InChI=1S/C23H22ClN3O3/c1-14(2)22(29)25-12-16-7-8-17(19-6-4-3-5-18(16)19)13-26-27-23(30)15-9-10-21(28)20(24)11-15/h3-11,13-14,28H,12H2,1-2H3,(H,25,29)(H,27,30)/b26-13+. The Labute approximate surface area is 179 Å². The molecule has 0 spiro atoms. The zero-order valence-electron chi connectivity index (χ0n) is 16.6. The molecule has 0 radical (unpaired) electrons. The van der Waals surface area contributed by atoms with Crippen LogP contribution in [0.5, 0.6) is 5.75 Å². The van der Waals surface area contributed by atoms with Gasteiger partial charge in [-0.3, -0.25) is 9.59 Å². The minimum absolute atomic E-state index is 0.00164. The summed E-state index contributed by atoms with van der Waals surface area (Å²) < 4.78 is 0. The number of phenolic OH excluding ortho intramolecular Hbond substituents is 1. The van der Waals surface area contributed by atoms with E-state index >= 15 is 0 Å². The summed E-state index contributed by atoms with van der Waals surface area (Å²) in [7, 11) is 0. The van der Waals surface area contributed by atoms with Crippen LogP contribution in [0.1, 0.15) is 35.3 Å². The molecule has 0 aromatic heterocycles. The minimum atomic E-state index is -0.439. The van der Waals surface area contributed by atoms with Gasteiger partial charge in [-0.1, -0.05) is 61.8 Å². The lowest BCUT2D eigenvalue weighted by Crippen LogP contribution is -2.27. The number of nitrogens with zero attached hydrogens (tertiary/aromatic N) is 1. The molecule has 0 bridgehead atoms. The van der Waals surface area contributed by atoms with Gasteiger partial charge in [0.15, 0.2) is 0 Å². The van der Waals surface area contributed by atoms with Gasteiger partial charge >= 0.3 is 0 Å². The summed E-state index contributed by atoms with van der Waals surface area (Å²) in [6.45, 7) is 4.15. The van der Waals surface area contributed by atoms with Crippen LogP contribution >= 0.6 is 11.6 Å². The van der Waals surface area contributed by atoms with Gasteiger partial charge in [-0.05, 0) is 34.5 Å². The van der Waals surface area contributed by atoms with Gasteiger partial charge in [0.25, 0.3) is 5.91 Å². The number of rotatable bonds is 6. The van der Waals surface area contributed by atoms with E-state index in [9.17, 15) is 14.7 Å². The van der Waals surface area contributed by atoms with Gasteiger partial charge in [0, 0.05) is 23.6 Å². The number of benzene rings is 3. The van der Waals surface area contributed by atoms with E-state index in [4.69, 9.17) is 11.6 Å². The number of carbonyl (C=O) groups excluding carboxylic acids is 2. The van der Waals surface area contributed by atoms with Crippen molar-refractivity contribution in [3.63, 3.8) is 0 Å². The summed E-state index contributed by atoms with van der Waals surface area (Å²) in [5.74, 6) is -0.602. The first kappa shape index (κ1) is 21.3. The molecule has 0 aliphatic heterocycles. The van der Waals surface area contributed by atoms with Crippen molar-refractivity contribution in [2.75, 3.05) is 0 Å². The van der Waals surface area contributed by atoms with Crippen LogP contribution in [-0.4, -0.2) is 23.1 Å². The van der Waals surface area contributed by atoms with Crippen molar-refractivity contribution in [1.82, 2.24) is 10.7 Å². The molecule has 30 heavy (non-hydrogen) atoms. The predicted molar refractivity (Wildman–Crippen MR) is 119 cm³/mol. The first-order chi connectivity index (χ1) is 14.4. The highest BCUT2D eigenvalue weighted by atomic mass is 35.5. The predicted octanol–water partition coefficient (Wildman–Crippen LogP) is 4.23. The fourth-order valence-corrected chi connectivity index (χ4v) is 3.09. The highest BCUT2D eigenvalue weighted by Crippen LogP contribution is 2.24. The summed E-state index contributed by atoms with van der Waals surface area (Å²) >= 11 is 5.84. The largest absolute Gasteiger partial charge is 0.506 e. The van der Waals surface area contributed by atoms with E-state index in [1.54, 1.807) is 6.21 Å². The van der Waals surface area contributed by atoms with Gasteiger partial charge in [0.05, 0.1) is 11.2 Å². The lowest BCUT2D eigenvalue weighted by Gasteiger charge is -2.11. The molecule has 0 aliphatic carbocycles. The third kappa shape index (κ3) is 4.96. The average Bonchev–Trinajstić information content (AvgIpc) is 2.74. The monoisotopic (exact) mass is 423 g/mol. The average molecular weight is 424 g/mol. The fourth-order valence-electron chi connectivity index (χ4n) is 2.91. The van der Waals surface area contributed by atoms with Crippen molar-refractivity contribution in [2.45, 2.75) is 20.4 Å². The molecule has 6 nitrogen and oxygen atoms in total. The smallest absolute Gasteiger partial charge is 0.271 e. The van der Waals surface area contributed by atoms with E-state index in [1.807, 2.05) is 50.2 Å². The Morgan fingerprint density at radius 1 is 1.10 bits per heavy atom. The summed E-state index contributed by atoms with van der Waals surface area (Å²) in [6, 6.07) is 15.8. The number of hydrazone groups is 1. The van der Waals surface area contributed by atoms with Crippen molar-refractivity contribution in [3.05, 3.63) is 76.3 Å². The van der Waals surface area contributed by atoms with Gasteiger partial charge in [-0.2, -0.15) is 5.10 Å². The third-order valence-electron chi connectivity index (χ3n) is 4.61. The van der Waals surface area contributed by atoms with E-state index in [-0.39, 0.29) is 28.2 Å². The number of halogens is 1. The Morgan fingerprint density at radius 3 is 2.53 bits per heavy atom. The van der Waals surface area contributed by atoms with Crippen LogP contribution in [-0.2, 0) is 11.3 Å². The first-order valence-electron chi connectivity index (χ1n) is 9.47. The van der Waals surface area contributed by atoms with Crippen LogP contribution in [0, 0.1) is 5.92 Å². The SMILES string of the molecule is CC(C)C(=O)NCc1ccc(/C=N/NC(=O)c2ccc(O)c(Cl)c2)c2ccccc12. The van der Waals surface area contributed by atoms with Crippen LogP contribution in [0.15, 0.2) is 59.7 Å². The summed E-state index contributed by atoms with van der Waals surface area (Å²) in [4.78, 5) is 24.1. The summed E-state index contributed by atoms with van der Waals surface area (Å²) in [5, 5.41) is 18.5. The van der Waals surface area contributed by atoms with Gasteiger partial charge in [0.1, 0.15) is 5.75 Å². The molecule has 3 aromatic rings. The number of carbonyl (C=O) groups is 2. The quantitative estimate of drug-likeness (QED) is 0.409. The van der Waals surface area contributed by atoms with Crippen LogP contribution in [0.2, 0.25) is 5.02 Å². The van der Waals surface area contributed by atoms with Crippen LogP contribution in [0.4, 0.5) is 0 Å². The van der Waals surface area contributed by atoms with Gasteiger partial charge in [-0.15, -0.1) is 0 Å². The topological polar surface area (TPSA) is 90.8 Å². The molecule has 3 N–H and O–H groups in total. The Bertz CT molecular complexity index is 1130. The van der Waals surface area contributed by atoms with Crippen molar-refractivity contribution >= 4 is 40.4 Å². The molecule has 0 aliphatic rings. The van der Waals surface area contributed by atoms with Crippen molar-refractivity contribution < 1.29 is 14.7 Å². The molecule has 0 saturated heterocycles. The molecular weight excluding hydrogens is 402 g/mol. The second-order valence-corrected chi connectivity index (χ2v) is 7.50. The highest BCUT2D eigenvalue weighted by Gasteiger charge is 2.10. The van der Waals surface area contributed by atoms with Gasteiger partial charge in [0.2, 0.25) is 5.91 Å². The molecule has 154 valence electrons. The summed E-state index contributed by atoms with van der Waals surface area (Å²) in [6.07, 6.45) is 1.57. The molecule has 0 heterocycles. The molecule has 0 fully saturated rings. The summed E-state index contributed by atoms with van der Waals surface area (Å²) in [5.41, 5.74) is 4.57. The number of hydrogen-bond donors (Lipinski definition) is 3. The van der Waals surface area contributed by atoms with E-state index < -0.39 is 5.91 Å². The number of aromatic hydroxyl groups is 1. The highest BCUT2D eigenvalue weighted by molar-refractivity contribution is 6.32. The van der Waals surface area contributed by atoms with Crippen molar-refractivity contribution in [2.24, 2.45) is 11.0 Å². The van der Waals surface area contributed by atoms with Crippen molar-refractivity contribution in [1.29, 1.82) is 0 Å². The number of phenols is 1. The number of fused-ring (bicyclic) bond motifs is 1. The molecule has 0 saturated carbocycles. The lowest BCUT2D eigenvalue weighted by molar-refractivity contribution is -0.124. The van der Waals surface area contributed by atoms with Crippen LogP contribution < -0.4 is 10.7 Å². The Hall–Kier alpha value is -3.38. The maximum atomic E-state index is 12.2. The lowest BCUT2D eigenvalue weighted by atomic mass is 10.00. The number of amides is 2. The van der Waals surface area contributed by atoms with Crippen molar-refractivity contribution in [3.8, 4) is 5.75 Å². The minimum Gasteiger partial charge on any atom is -0.506 e. The molecule has 2 amide bonds. The first-order valence-corrected chi connectivity index (χ1v) is 9.85. The van der Waals surface area contributed by atoms with E-state index in [0.717, 1.165) is 21.9 Å². The van der Waals surface area contributed by atoms with E-state index in [0.29, 0.717) is 6.54 Å². The Balaban J connectivity index is 1.77. The van der Waals surface area contributed by atoms with E-state index in [2.05, 4.69) is 15.8 Å². The normalized spacial score (nSPS) is 11.2. The molecule has 7 heteroatoms. The van der Waals surface area contributed by atoms with Crippen LogP contribution in [0.3, 0.4) is 0 Å². The van der Waals surface area contributed by atoms with Gasteiger partial charge < -0.3 is 10.4 Å². The number of nitrogens with one attached hydrogen (secondary N) is 2. The molecule has 3 rings (SSSR count). The van der Waals surface area contributed by atoms with Crippen LogP contribution in [0.25, 0.3) is 10.8 Å². The molecule has 3 aromatic carbocycles. The number of hydrogen-bond acceptors (Lipinski definition) is 4. The maximum Gasteiger partial charge on any atom is 0.271 e. The maximum absolute atomic E-state index is 12.2. The Kier molecular flexibility index (Phi) is 6.69. The van der Waals surface area contributed by atoms with Gasteiger partial charge in [-0.25, -0.2) is 5.43 Å². The molecular formula is C23H22ClN3O3. The van der Waals surface area contributed by atoms with E-state index in [1.165, 1.54) is 18.2 Å². The molecule has 0 atom stereocenters. The Morgan fingerprint density at radius 2 is 1.83 bits per heavy atom. The zero-order chi connectivity index (χ0) is 21.7. The second-order valence-electron chi connectivity index (χ2n) is 7.10.